The monoisotopic (exact) mass is 298 g/mol. The molecule has 4 heteroatoms. The first-order valence-electron chi connectivity index (χ1n) is 7.51. The van der Waals surface area contributed by atoms with Gasteiger partial charge in [-0.1, -0.05) is 31.2 Å². The molecule has 0 bridgehead atoms. The van der Waals surface area contributed by atoms with Crippen LogP contribution < -0.4 is 10.6 Å². The summed E-state index contributed by atoms with van der Waals surface area (Å²) >= 11 is 0. The molecule has 0 spiro atoms. The van der Waals surface area contributed by atoms with E-state index < -0.39 is 0 Å². The second kappa shape index (κ2) is 7.61. The Bertz CT molecular complexity index is 653. The van der Waals surface area contributed by atoms with Gasteiger partial charge >= 0.3 is 0 Å². The lowest BCUT2D eigenvalue weighted by atomic mass is 10.0. The van der Waals surface area contributed by atoms with Crippen LogP contribution in [-0.2, 0) is 12.8 Å². The van der Waals surface area contributed by atoms with Crippen molar-refractivity contribution in [1.82, 2.24) is 5.32 Å². The van der Waals surface area contributed by atoms with Gasteiger partial charge in [-0.25, -0.2) is 0 Å². The van der Waals surface area contributed by atoms with Gasteiger partial charge in [0.1, 0.15) is 5.75 Å². The first-order chi connectivity index (χ1) is 10.7. The molecule has 116 valence electrons. The van der Waals surface area contributed by atoms with Crippen molar-refractivity contribution < 1.29 is 9.90 Å². The normalized spacial score (nSPS) is 10.5. The molecule has 0 heterocycles. The summed E-state index contributed by atoms with van der Waals surface area (Å²) in [5, 5.41) is 15.8. The quantitative estimate of drug-likeness (QED) is 0.719. The number of amides is 1. The van der Waals surface area contributed by atoms with Crippen LogP contribution in [0.3, 0.4) is 0 Å². The van der Waals surface area contributed by atoms with Crippen molar-refractivity contribution in [2.45, 2.75) is 19.8 Å². The first kappa shape index (κ1) is 16.0. The Morgan fingerprint density at radius 1 is 1.18 bits per heavy atom. The number of likely N-dealkylation sites (N-methyl/N-ethyl adjacent to an activating group) is 1. The van der Waals surface area contributed by atoms with E-state index in [9.17, 15) is 9.90 Å². The number of nitrogens with one attached hydrogen (secondary N) is 2. The maximum Gasteiger partial charge on any atom is 0.256 e. The number of carbonyl (C=O) groups excluding carboxylic acids is 1. The van der Waals surface area contributed by atoms with Crippen molar-refractivity contribution in [2.24, 2.45) is 0 Å². The van der Waals surface area contributed by atoms with Gasteiger partial charge in [0, 0.05) is 5.56 Å². The molecule has 2 aromatic carbocycles. The average Bonchev–Trinajstić information content (AvgIpc) is 2.55. The zero-order chi connectivity index (χ0) is 15.9. The Balaban J connectivity index is 2.22. The molecule has 0 radical (unpaired) electrons. The number of phenols is 1. The topological polar surface area (TPSA) is 61.4 Å². The van der Waals surface area contributed by atoms with Gasteiger partial charge < -0.3 is 15.7 Å². The van der Waals surface area contributed by atoms with Crippen molar-refractivity contribution in [3.05, 3.63) is 59.2 Å². The highest BCUT2D eigenvalue weighted by Gasteiger charge is 2.13. The van der Waals surface area contributed by atoms with Crippen molar-refractivity contribution in [2.75, 3.05) is 18.9 Å². The minimum absolute atomic E-state index is 0.0817. The summed E-state index contributed by atoms with van der Waals surface area (Å²) in [5.41, 5.74) is 3.14. The fourth-order valence-electron chi connectivity index (χ4n) is 2.31. The zero-order valence-corrected chi connectivity index (χ0v) is 13.0. The smallest absolute Gasteiger partial charge is 0.256 e. The third kappa shape index (κ3) is 3.86. The molecule has 0 aliphatic heterocycles. The van der Waals surface area contributed by atoms with E-state index in [-0.39, 0.29) is 11.7 Å². The van der Waals surface area contributed by atoms with Crippen LogP contribution in [0.5, 0.6) is 5.75 Å². The average molecular weight is 298 g/mol. The van der Waals surface area contributed by atoms with Crippen molar-refractivity contribution in [3.63, 3.8) is 0 Å². The fourth-order valence-corrected chi connectivity index (χ4v) is 2.31. The first-order valence-corrected chi connectivity index (χ1v) is 7.51. The van der Waals surface area contributed by atoms with Crippen LogP contribution >= 0.6 is 0 Å². The van der Waals surface area contributed by atoms with Gasteiger partial charge in [-0.3, -0.25) is 4.79 Å². The van der Waals surface area contributed by atoms with E-state index in [0.717, 1.165) is 30.5 Å². The van der Waals surface area contributed by atoms with Gasteiger partial charge in [0.2, 0.25) is 0 Å². The number of benzene rings is 2. The molecule has 22 heavy (non-hydrogen) atoms. The Labute approximate surface area is 131 Å². The highest BCUT2D eigenvalue weighted by molar-refractivity contribution is 6.06. The van der Waals surface area contributed by atoms with E-state index in [4.69, 9.17) is 0 Å². The number of aromatic hydroxyl groups is 1. The Morgan fingerprint density at radius 2 is 1.95 bits per heavy atom. The molecule has 0 unspecified atom stereocenters. The fraction of sp³-hybridized carbons (Fsp3) is 0.278. The Hall–Kier alpha value is -2.33. The van der Waals surface area contributed by atoms with E-state index in [0.29, 0.717) is 11.3 Å². The summed E-state index contributed by atoms with van der Waals surface area (Å²) in [6.45, 7) is 2.84. The van der Waals surface area contributed by atoms with E-state index in [1.165, 1.54) is 0 Å². The minimum Gasteiger partial charge on any atom is -0.506 e. The van der Waals surface area contributed by atoms with Gasteiger partial charge in [-0.15, -0.1) is 0 Å². The molecule has 0 aliphatic carbocycles. The molecule has 0 atom stereocenters. The number of anilines is 1. The molecule has 0 aliphatic rings. The number of phenolic OH excluding ortho intramolecular Hbond substituents is 1. The molecule has 1 amide bonds. The molecular weight excluding hydrogens is 276 g/mol. The standard InChI is InChI=1S/C18H22N2O2/c1-3-13-8-9-17(21)16(12-13)20-18(22)15-7-5-4-6-14(15)10-11-19-2/h4-9,12,19,21H,3,10-11H2,1-2H3,(H,20,22). The van der Waals surface area contributed by atoms with E-state index in [1.807, 2.05) is 44.3 Å². The van der Waals surface area contributed by atoms with Gasteiger partial charge in [-0.2, -0.15) is 0 Å². The van der Waals surface area contributed by atoms with E-state index >= 15 is 0 Å². The summed E-state index contributed by atoms with van der Waals surface area (Å²) < 4.78 is 0. The van der Waals surface area contributed by atoms with Crippen molar-refractivity contribution in [1.29, 1.82) is 0 Å². The molecule has 0 saturated carbocycles. The minimum atomic E-state index is -0.199. The Kier molecular flexibility index (Phi) is 5.55. The maximum atomic E-state index is 12.5. The second-order valence-electron chi connectivity index (χ2n) is 5.17. The SMILES string of the molecule is CCc1ccc(O)c(NC(=O)c2ccccc2CCNC)c1. The van der Waals surface area contributed by atoms with Gasteiger partial charge in [-0.05, 0) is 55.8 Å². The number of carbonyl (C=O) groups is 1. The molecular formula is C18H22N2O2. The summed E-state index contributed by atoms with van der Waals surface area (Å²) in [6.07, 6.45) is 1.63. The van der Waals surface area contributed by atoms with Crippen LogP contribution in [0.4, 0.5) is 5.69 Å². The third-order valence-electron chi connectivity index (χ3n) is 3.62. The van der Waals surface area contributed by atoms with Crippen LogP contribution in [0, 0.1) is 0 Å². The molecule has 0 aromatic heterocycles. The lowest BCUT2D eigenvalue weighted by Crippen LogP contribution is -2.17. The predicted octanol–water partition coefficient (Wildman–Crippen LogP) is 2.97. The molecule has 2 rings (SSSR count). The molecule has 0 saturated heterocycles. The molecule has 0 fully saturated rings. The number of hydrogen-bond donors (Lipinski definition) is 3. The van der Waals surface area contributed by atoms with Crippen LogP contribution in [0.15, 0.2) is 42.5 Å². The lowest BCUT2D eigenvalue weighted by molar-refractivity contribution is 0.102. The van der Waals surface area contributed by atoms with Gasteiger partial charge in [0.05, 0.1) is 5.69 Å². The predicted molar refractivity (Wildman–Crippen MR) is 89.5 cm³/mol. The van der Waals surface area contributed by atoms with Crippen LogP contribution in [0.25, 0.3) is 0 Å². The molecule has 4 nitrogen and oxygen atoms in total. The highest BCUT2D eigenvalue weighted by Crippen LogP contribution is 2.25. The largest absolute Gasteiger partial charge is 0.506 e. The van der Waals surface area contributed by atoms with Crippen molar-refractivity contribution in [3.8, 4) is 5.75 Å². The molecule has 2 aromatic rings. The van der Waals surface area contributed by atoms with Gasteiger partial charge in [0.15, 0.2) is 0 Å². The third-order valence-corrected chi connectivity index (χ3v) is 3.62. The highest BCUT2D eigenvalue weighted by atomic mass is 16.3. The summed E-state index contributed by atoms with van der Waals surface area (Å²) in [7, 11) is 1.89. The summed E-state index contributed by atoms with van der Waals surface area (Å²) in [4.78, 5) is 12.5. The number of aryl methyl sites for hydroxylation is 1. The number of rotatable bonds is 6. The lowest BCUT2D eigenvalue weighted by Gasteiger charge is -2.12. The molecule has 3 N–H and O–H groups in total. The number of hydrogen-bond acceptors (Lipinski definition) is 3. The zero-order valence-electron chi connectivity index (χ0n) is 13.0. The van der Waals surface area contributed by atoms with E-state index in [1.54, 1.807) is 12.1 Å². The second-order valence-corrected chi connectivity index (χ2v) is 5.17. The summed E-state index contributed by atoms with van der Waals surface area (Å²) in [6, 6.07) is 12.8. The van der Waals surface area contributed by atoms with E-state index in [2.05, 4.69) is 10.6 Å². The van der Waals surface area contributed by atoms with Gasteiger partial charge in [0.25, 0.3) is 5.91 Å². The van der Waals surface area contributed by atoms with Crippen LogP contribution in [0.1, 0.15) is 28.4 Å². The Morgan fingerprint density at radius 3 is 2.68 bits per heavy atom. The van der Waals surface area contributed by atoms with Crippen LogP contribution in [0.2, 0.25) is 0 Å². The maximum absolute atomic E-state index is 12.5. The van der Waals surface area contributed by atoms with Crippen LogP contribution in [-0.4, -0.2) is 24.6 Å². The van der Waals surface area contributed by atoms with Crippen molar-refractivity contribution >= 4 is 11.6 Å². The summed E-state index contributed by atoms with van der Waals surface area (Å²) in [5.74, 6) is -0.117.